The molecule has 0 aromatic heterocycles. The van der Waals surface area contributed by atoms with Gasteiger partial charge >= 0.3 is 11.9 Å². The summed E-state index contributed by atoms with van der Waals surface area (Å²) in [7, 11) is 0. The predicted octanol–water partition coefficient (Wildman–Crippen LogP) is 9.64. The van der Waals surface area contributed by atoms with Crippen LogP contribution >= 0.6 is 0 Å². The van der Waals surface area contributed by atoms with E-state index in [-0.39, 0.29) is 31.3 Å². The second kappa shape index (κ2) is 33.7. The van der Waals surface area contributed by atoms with Crippen molar-refractivity contribution in [1.82, 2.24) is 0 Å². The Morgan fingerprint density at radius 2 is 1.11 bits per heavy atom. The first kappa shape index (κ1) is 41.8. The SMILES string of the molecule is CCCCCCCCCCCCCCC(=O)O[C@@H](CO)COC(=O)CCC/C=C\C/C=C\C/C=C\C/C=C\[C@@H](O)CCCC. The van der Waals surface area contributed by atoms with E-state index in [4.69, 9.17) is 9.47 Å². The number of rotatable bonds is 31. The third-order valence-electron chi connectivity index (χ3n) is 7.45. The van der Waals surface area contributed by atoms with Crippen molar-refractivity contribution in [2.45, 2.75) is 167 Å². The summed E-state index contributed by atoms with van der Waals surface area (Å²) in [5.41, 5.74) is 0. The molecule has 2 N–H and O–H groups in total. The van der Waals surface area contributed by atoms with Crippen molar-refractivity contribution in [3.63, 3.8) is 0 Å². The Hall–Kier alpha value is -2.18. The highest BCUT2D eigenvalue weighted by Crippen LogP contribution is 2.13. The van der Waals surface area contributed by atoms with Gasteiger partial charge in [0.15, 0.2) is 6.10 Å². The van der Waals surface area contributed by atoms with Gasteiger partial charge in [0, 0.05) is 12.8 Å². The molecular formula is C38H66O6. The Morgan fingerprint density at radius 1 is 0.614 bits per heavy atom. The van der Waals surface area contributed by atoms with Crippen LogP contribution in [-0.4, -0.2) is 47.6 Å². The van der Waals surface area contributed by atoms with Gasteiger partial charge in [0.2, 0.25) is 0 Å². The molecular weight excluding hydrogens is 552 g/mol. The normalized spacial score (nSPS) is 13.5. The van der Waals surface area contributed by atoms with Gasteiger partial charge in [-0.25, -0.2) is 0 Å². The van der Waals surface area contributed by atoms with Crippen molar-refractivity contribution in [2.24, 2.45) is 0 Å². The third-order valence-corrected chi connectivity index (χ3v) is 7.45. The Labute approximate surface area is 270 Å². The molecule has 254 valence electrons. The van der Waals surface area contributed by atoms with Crippen LogP contribution in [0.3, 0.4) is 0 Å². The average Bonchev–Trinajstić information content (AvgIpc) is 3.02. The molecule has 6 heteroatoms. The smallest absolute Gasteiger partial charge is 0.306 e. The topological polar surface area (TPSA) is 93.1 Å². The molecule has 0 aliphatic rings. The molecule has 0 radical (unpaired) electrons. The number of hydrogen-bond acceptors (Lipinski definition) is 6. The number of aliphatic hydroxyl groups excluding tert-OH is 2. The van der Waals surface area contributed by atoms with Crippen LogP contribution in [0.2, 0.25) is 0 Å². The highest BCUT2D eigenvalue weighted by Gasteiger charge is 2.16. The third kappa shape index (κ3) is 31.3. The molecule has 44 heavy (non-hydrogen) atoms. The van der Waals surface area contributed by atoms with Crippen molar-refractivity contribution >= 4 is 11.9 Å². The first-order chi connectivity index (χ1) is 21.5. The van der Waals surface area contributed by atoms with Gasteiger partial charge in [0.25, 0.3) is 0 Å². The molecule has 0 rings (SSSR count). The maximum Gasteiger partial charge on any atom is 0.306 e. The zero-order valence-corrected chi connectivity index (χ0v) is 28.3. The highest BCUT2D eigenvalue weighted by molar-refractivity contribution is 5.70. The summed E-state index contributed by atoms with van der Waals surface area (Å²) < 4.78 is 10.5. The van der Waals surface area contributed by atoms with Crippen LogP contribution in [-0.2, 0) is 19.1 Å². The van der Waals surface area contributed by atoms with Gasteiger partial charge in [-0.05, 0) is 44.9 Å². The Bertz CT molecular complexity index is 769. The van der Waals surface area contributed by atoms with Gasteiger partial charge in [0.1, 0.15) is 6.61 Å². The lowest BCUT2D eigenvalue weighted by Crippen LogP contribution is -2.28. The van der Waals surface area contributed by atoms with Crippen molar-refractivity contribution in [3.05, 3.63) is 48.6 Å². The van der Waals surface area contributed by atoms with Gasteiger partial charge in [-0.3, -0.25) is 9.59 Å². The van der Waals surface area contributed by atoms with E-state index in [0.29, 0.717) is 19.3 Å². The molecule has 0 saturated heterocycles. The van der Waals surface area contributed by atoms with E-state index in [0.717, 1.165) is 64.2 Å². The molecule has 0 unspecified atom stereocenters. The first-order valence-corrected chi connectivity index (χ1v) is 17.8. The molecule has 0 aromatic rings. The lowest BCUT2D eigenvalue weighted by atomic mass is 10.0. The molecule has 0 saturated carbocycles. The molecule has 0 fully saturated rings. The van der Waals surface area contributed by atoms with E-state index < -0.39 is 6.10 Å². The minimum absolute atomic E-state index is 0.105. The van der Waals surface area contributed by atoms with Gasteiger partial charge in [0.05, 0.1) is 12.7 Å². The zero-order valence-electron chi connectivity index (χ0n) is 28.3. The number of esters is 2. The van der Waals surface area contributed by atoms with Crippen LogP contribution in [0.15, 0.2) is 48.6 Å². The standard InChI is InChI=1S/C38H66O6/c1-3-5-7-8-9-10-11-15-19-22-25-28-32-38(42)44-36(33-39)34-43-37(41)31-27-24-21-18-16-13-12-14-17-20-23-26-30-35(40)29-6-4-2/h12-13,17-18,20-21,26,30,35-36,39-40H,3-11,14-16,19,22-25,27-29,31-34H2,1-2H3/b13-12-,20-17-,21-18-,30-26-/t35-,36-/m0/s1. The highest BCUT2D eigenvalue weighted by atomic mass is 16.6. The summed E-state index contributed by atoms with van der Waals surface area (Å²) in [5.74, 6) is -0.681. The molecule has 6 nitrogen and oxygen atoms in total. The largest absolute Gasteiger partial charge is 0.462 e. The van der Waals surface area contributed by atoms with E-state index in [1.54, 1.807) is 0 Å². The summed E-state index contributed by atoms with van der Waals surface area (Å²) in [6.07, 6.45) is 37.9. The Morgan fingerprint density at radius 3 is 1.68 bits per heavy atom. The molecule has 0 heterocycles. The van der Waals surface area contributed by atoms with Crippen molar-refractivity contribution in [1.29, 1.82) is 0 Å². The van der Waals surface area contributed by atoms with Crippen LogP contribution in [0.5, 0.6) is 0 Å². The van der Waals surface area contributed by atoms with Gasteiger partial charge in [-0.1, -0.05) is 146 Å². The van der Waals surface area contributed by atoms with E-state index in [1.807, 2.05) is 12.2 Å². The quantitative estimate of drug-likeness (QED) is 0.0456. The van der Waals surface area contributed by atoms with E-state index in [1.165, 1.54) is 57.8 Å². The average molecular weight is 619 g/mol. The van der Waals surface area contributed by atoms with Gasteiger partial charge < -0.3 is 19.7 Å². The van der Waals surface area contributed by atoms with Crippen molar-refractivity contribution < 1.29 is 29.3 Å². The fourth-order valence-corrected chi connectivity index (χ4v) is 4.68. The monoisotopic (exact) mass is 618 g/mol. The number of ether oxygens (including phenoxy) is 2. The van der Waals surface area contributed by atoms with Crippen LogP contribution in [0.25, 0.3) is 0 Å². The van der Waals surface area contributed by atoms with Gasteiger partial charge in [-0.15, -0.1) is 0 Å². The summed E-state index contributed by atoms with van der Waals surface area (Å²) in [6.45, 7) is 3.91. The summed E-state index contributed by atoms with van der Waals surface area (Å²) in [5, 5.41) is 19.3. The summed E-state index contributed by atoms with van der Waals surface area (Å²) >= 11 is 0. The predicted molar refractivity (Wildman–Crippen MR) is 183 cm³/mol. The first-order valence-electron chi connectivity index (χ1n) is 17.8. The van der Waals surface area contributed by atoms with Crippen LogP contribution in [0.1, 0.15) is 155 Å². The molecule has 0 amide bonds. The maximum absolute atomic E-state index is 12.1. The minimum Gasteiger partial charge on any atom is -0.462 e. The fourth-order valence-electron chi connectivity index (χ4n) is 4.68. The van der Waals surface area contributed by atoms with Crippen LogP contribution in [0, 0.1) is 0 Å². The minimum atomic E-state index is -0.801. The fraction of sp³-hybridized carbons (Fsp3) is 0.737. The lowest BCUT2D eigenvalue weighted by Gasteiger charge is -2.15. The Kier molecular flexibility index (Phi) is 32.0. The second-order valence-electron chi connectivity index (χ2n) is 11.8. The maximum atomic E-state index is 12.1. The molecule has 2 atom stereocenters. The molecule has 0 bridgehead atoms. The Balaban J connectivity index is 3.73. The van der Waals surface area contributed by atoms with Crippen molar-refractivity contribution in [3.8, 4) is 0 Å². The summed E-state index contributed by atoms with van der Waals surface area (Å²) in [4.78, 5) is 24.1. The van der Waals surface area contributed by atoms with Gasteiger partial charge in [-0.2, -0.15) is 0 Å². The number of hydrogen-bond donors (Lipinski definition) is 2. The molecule has 0 spiro atoms. The summed E-state index contributed by atoms with van der Waals surface area (Å²) in [6, 6.07) is 0. The van der Waals surface area contributed by atoms with E-state index >= 15 is 0 Å². The molecule has 0 aliphatic carbocycles. The zero-order chi connectivity index (χ0) is 32.4. The number of carbonyl (C=O) groups is 2. The van der Waals surface area contributed by atoms with Crippen molar-refractivity contribution in [2.75, 3.05) is 13.2 Å². The lowest BCUT2D eigenvalue weighted by molar-refractivity contribution is -0.161. The molecule has 0 aliphatic heterocycles. The molecule has 0 aromatic carbocycles. The number of allylic oxidation sites excluding steroid dienone is 7. The van der Waals surface area contributed by atoms with E-state index in [2.05, 4.69) is 50.3 Å². The number of aliphatic hydroxyl groups is 2. The second-order valence-corrected chi connectivity index (χ2v) is 11.8. The van der Waals surface area contributed by atoms with Crippen LogP contribution in [0.4, 0.5) is 0 Å². The number of carbonyl (C=O) groups excluding carboxylic acids is 2. The van der Waals surface area contributed by atoms with E-state index in [9.17, 15) is 19.8 Å². The number of unbranched alkanes of at least 4 members (excludes halogenated alkanes) is 13. The van der Waals surface area contributed by atoms with Crippen LogP contribution < -0.4 is 0 Å².